The van der Waals surface area contributed by atoms with Crippen molar-refractivity contribution < 1.29 is 18.3 Å². The second-order valence-electron chi connectivity index (χ2n) is 14.8. The van der Waals surface area contributed by atoms with Crippen molar-refractivity contribution in [2.24, 2.45) is 0 Å². The number of phenols is 1. The van der Waals surface area contributed by atoms with Crippen molar-refractivity contribution in [2.75, 3.05) is 0 Å². The molecule has 0 unspecified atom stereocenters. The SMILES string of the molecule is CC(C)(C)c1cc(C(C)(C)C)c2oc(-c3c(F)cccc3F)nc2c1.CC(C)(C)c1cc(O)cc(C(C)(C)C)c1. The number of oxazole rings is 1. The molecule has 0 aliphatic heterocycles. The number of nitrogens with zero attached hydrogens (tertiary/aromatic N) is 1. The average Bonchev–Trinajstić information content (AvgIpc) is 3.19. The molecule has 0 amide bonds. The van der Waals surface area contributed by atoms with E-state index in [0.29, 0.717) is 16.8 Å². The maximum absolute atomic E-state index is 14.1. The minimum absolute atomic E-state index is 0.0258. The van der Waals surface area contributed by atoms with Crippen molar-refractivity contribution in [1.29, 1.82) is 0 Å². The van der Waals surface area contributed by atoms with Crippen molar-refractivity contribution in [2.45, 2.75) is 105 Å². The molecule has 1 N–H and O–H groups in total. The Morgan fingerprint density at radius 1 is 0.625 bits per heavy atom. The number of aromatic hydroxyl groups is 1. The average molecular weight is 550 g/mol. The fourth-order valence-corrected chi connectivity index (χ4v) is 4.31. The second-order valence-corrected chi connectivity index (χ2v) is 14.8. The molecule has 4 aromatic rings. The van der Waals surface area contributed by atoms with Crippen LogP contribution in [0.2, 0.25) is 0 Å². The number of fused-ring (bicyclic) bond motifs is 1. The van der Waals surface area contributed by atoms with Gasteiger partial charge in [0.05, 0.1) is 0 Å². The largest absolute Gasteiger partial charge is 0.508 e. The Kier molecular flexibility index (Phi) is 8.34. The van der Waals surface area contributed by atoms with E-state index in [1.807, 2.05) is 18.2 Å². The summed E-state index contributed by atoms with van der Waals surface area (Å²) >= 11 is 0. The lowest BCUT2D eigenvalue weighted by Crippen LogP contribution is -2.16. The highest BCUT2D eigenvalue weighted by atomic mass is 19.1. The van der Waals surface area contributed by atoms with Gasteiger partial charge >= 0.3 is 0 Å². The molecule has 1 aromatic heterocycles. The Labute approximate surface area is 238 Å². The first-order chi connectivity index (χ1) is 18.1. The van der Waals surface area contributed by atoms with Crippen LogP contribution in [-0.2, 0) is 21.7 Å². The molecule has 3 aromatic carbocycles. The van der Waals surface area contributed by atoms with Gasteiger partial charge in [0.25, 0.3) is 0 Å². The first-order valence-electron chi connectivity index (χ1n) is 13.8. The number of rotatable bonds is 1. The van der Waals surface area contributed by atoms with E-state index in [1.54, 1.807) is 0 Å². The van der Waals surface area contributed by atoms with Crippen LogP contribution < -0.4 is 0 Å². The van der Waals surface area contributed by atoms with Crippen LogP contribution in [-0.4, -0.2) is 10.1 Å². The number of phenolic OH excluding ortho intramolecular Hbond substituents is 1. The highest BCUT2D eigenvalue weighted by Gasteiger charge is 2.27. The van der Waals surface area contributed by atoms with E-state index in [2.05, 4.69) is 100 Å². The third kappa shape index (κ3) is 7.10. The molecular weight excluding hydrogens is 504 g/mol. The zero-order valence-electron chi connectivity index (χ0n) is 26.2. The predicted molar refractivity (Wildman–Crippen MR) is 162 cm³/mol. The number of hydrogen-bond acceptors (Lipinski definition) is 3. The quantitative estimate of drug-likeness (QED) is 0.257. The third-order valence-corrected chi connectivity index (χ3v) is 6.99. The highest BCUT2D eigenvalue weighted by molar-refractivity contribution is 5.81. The van der Waals surface area contributed by atoms with Crippen LogP contribution in [0.4, 0.5) is 8.78 Å². The van der Waals surface area contributed by atoms with Gasteiger partial charge in [0.1, 0.15) is 28.5 Å². The molecule has 0 saturated carbocycles. The van der Waals surface area contributed by atoms with Crippen LogP contribution in [0.5, 0.6) is 5.75 Å². The summed E-state index contributed by atoms with van der Waals surface area (Å²) in [7, 11) is 0. The number of halogens is 2. The van der Waals surface area contributed by atoms with E-state index in [1.165, 1.54) is 29.3 Å². The summed E-state index contributed by atoms with van der Waals surface area (Å²) in [6.45, 7) is 25.6. The smallest absolute Gasteiger partial charge is 0.233 e. The molecule has 0 aliphatic carbocycles. The summed E-state index contributed by atoms with van der Waals surface area (Å²) in [5, 5.41) is 9.72. The molecule has 0 fully saturated rings. The predicted octanol–water partition coefficient (Wildman–Crippen LogP) is 10.4. The lowest BCUT2D eigenvalue weighted by atomic mass is 9.80. The van der Waals surface area contributed by atoms with Gasteiger partial charge < -0.3 is 9.52 Å². The molecule has 40 heavy (non-hydrogen) atoms. The van der Waals surface area contributed by atoms with Gasteiger partial charge in [0.15, 0.2) is 5.58 Å². The first-order valence-corrected chi connectivity index (χ1v) is 13.8. The standard InChI is InChI=1S/C21H23F2NO.C14H22O/c1-20(2,3)12-10-13(21(4,5)6)18-16(11-12)24-19(25-18)17-14(22)8-7-9-15(17)23;1-13(2,3)10-7-11(14(4,5)6)9-12(15)8-10/h7-11H,1-6H3;7-9,15H,1-6H3. The molecule has 0 radical (unpaired) electrons. The van der Waals surface area contributed by atoms with Crippen molar-refractivity contribution in [3.05, 3.63) is 82.4 Å². The molecule has 0 aliphatic rings. The summed E-state index contributed by atoms with van der Waals surface area (Å²) in [6, 6.07) is 13.7. The fraction of sp³-hybridized carbons (Fsp3) is 0.457. The fourth-order valence-electron chi connectivity index (χ4n) is 4.31. The zero-order valence-corrected chi connectivity index (χ0v) is 26.2. The van der Waals surface area contributed by atoms with E-state index in [4.69, 9.17) is 4.42 Å². The van der Waals surface area contributed by atoms with Gasteiger partial charge in [0, 0.05) is 5.56 Å². The van der Waals surface area contributed by atoms with Crippen LogP contribution in [0.15, 0.2) is 52.9 Å². The lowest BCUT2D eigenvalue weighted by Gasteiger charge is -2.25. The van der Waals surface area contributed by atoms with Crippen LogP contribution >= 0.6 is 0 Å². The molecule has 4 rings (SSSR count). The summed E-state index contributed by atoms with van der Waals surface area (Å²) in [5.41, 5.74) is 5.34. The van der Waals surface area contributed by atoms with Crippen molar-refractivity contribution in [3.8, 4) is 17.2 Å². The van der Waals surface area contributed by atoms with Crippen LogP contribution in [0.3, 0.4) is 0 Å². The van der Waals surface area contributed by atoms with E-state index < -0.39 is 11.6 Å². The van der Waals surface area contributed by atoms with Crippen LogP contribution in [0, 0.1) is 11.6 Å². The molecule has 216 valence electrons. The van der Waals surface area contributed by atoms with Gasteiger partial charge in [-0.25, -0.2) is 13.8 Å². The third-order valence-electron chi connectivity index (χ3n) is 6.99. The number of aromatic nitrogens is 1. The number of benzene rings is 3. The zero-order chi connectivity index (χ0) is 30.4. The Balaban J connectivity index is 0.000000252. The van der Waals surface area contributed by atoms with Crippen molar-refractivity contribution >= 4 is 11.1 Å². The monoisotopic (exact) mass is 549 g/mol. The maximum atomic E-state index is 14.1. The molecular formula is C35H45F2NO2. The van der Waals surface area contributed by atoms with Gasteiger partial charge in [-0.3, -0.25) is 0 Å². The van der Waals surface area contributed by atoms with Crippen molar-refractivity contribution in [3.63, 3.8) is 0 Å². The van der Waals surface area contributed by atoms with Gasteiger partial charge in [0.2, 0.25) is 5.89 Å². The van der Waals surface area contributed by atoms with E-state index in [9.17, 15) is 13.9 Å². The van der Waals surface area contributed by atoms with Crippen molar-refractivity contribution in [1.82, 2.24) is 4.98 Å². The summed E-state index contributed by atoms with van der Waals surface area (Å²) in [6.07, 6.45) is 0. The van der Waals surface area contributed by atoms with Gasteiger partial charge in [-0.05, 0) is 68.7 Å². The Morgan fingerprint density at radius 2 is 1.07 bits per heavy atom. The lowest BCUT2D eigenvalue weighted by molar-refractivity contribution is 0.466. The minimum atomic E-state index is -0.681. The second kappa shape index (κ2) is 10.6. The van der Waals surface area contributed by atoms with Gasteiger partial charge in [-0.2, -0.15) is 0 Å². The van der Waals surface area contributed by atoms with Crippen LogP contribution in [0.25, 0.3) is 22.6 Å². The highest BCUT2D eigenvalue weighted by Crippen LogP contribution is 2.38. The minimum Gasteiger partial charge on any atom is -0.508 e. The molecule has 5 heteroatoms. The summed E-state index contributed by atoms with van der Waals surface area (Å²) < 4.78 is 34.1. The van der Waals surface area contributed by atoms with Crippen LogP contribution in [0.1, 0.15) is 105 Å². The maximum Gasteiger partial charge on any atom is 0.233 e. The Bertz CT molecular complexity index is 1450. The van der Waals surface area contributed by atoms with E-state index in [-0.39, 0.29) is 33.1 Å². The first kappa shape index (κ1) is 31.3. The number of hydrogen-bond donors (Lipinski definition) is 1. The van der Waals surface area contributed by atoms with Gasteiger partial charge in [-0.1, -0.05) is 101 Å². The Hall–Kier alpha value is -3.21. The molecule has 3 nitrogen and oxygen atoms in total. The molecule has 0 spiro atoms. The molecule has 1 heterocycles. The molecule has 0 bridgehead atoms. The topological polar surface area (TPSA) is 46.3 Å². The summed E-state index contributed by atoms with van der Waals surface area (Å²) in [4.78, 5) is 4.41. The Morgan fingerprint density at radius 3 is 1.50 bits per heavy atom. The van der Waals surface area contributed by atoms with E-state index in [0.717, 1.165) is 11.1 Å². The normalized spacial score (nSPS) is 12.8. The molecule has 0 atom stereocenters. The van der Waals surface area contributed by atoms with E-state index >= 15 is 0 Å². The molecule has 0 saturated heterocycles. The van der Waals surface area contributed by atoms with Gasteiger partial charge in [-0.15, -0.1) is 0 Å². The summed E-state index contributed by atoms with van der Waals surface area (Å²) in [5.74, 6) is -1.02.